The predicted octanol–water partition coefficient (Wildman–Crippen LogP) is 0.847. The van der Waals surface area contributed by atoms with E-state index >= 15 is 0 Å². The van der Waals surface area contributed by atoms with Crippen LogP contribution in [0.2, 0.25) is 0 Å². The summed E-state index contributed by atoms with van der Waals surface area (Å²) >= 11 is 0. The zero-order valence-electron chi connectivity index (χ0n) is 14.6. The summed E-state index contributed by atoms with van der Waals surface area (Å²) in [5, 5.41) is 3.03. The van der Waals surface area contributed by atoms with Gasteiger partial charge in [0, 0.05) is 42.7 Å². The second-order valence-electron chi connectivity index (χ2n) is 7.64. The Balaban J connectivity index is 1.77. The van der Waals surface area contributed by atoms with Gasteiger partial charge in [0.2, 0.25) is 0 Å². The standard InChI is InChI=1S/C17H25N3O4/c1-17(2,3)12-7-11(18-16(22)19-12)15(21)20-13-9-5-6-24-14(9)10(13)8-23-4/h7,9-10,13-14H,5-6,8H2,1-4H3,(H,20,21)(H,18,19,22)/t9-,10+,13-,14-/m0/s1. The molecule has 24 heavy (non-hydrogen) atoms. The molecule has 1 amide bonds. The third-order valence-corrected chi connectivity index (χ3v) is 4.97. The summed E-state index contributed by atoms with van der Waals surface area (Å²) in [7, 11) is 1.65. The molecule has 1 aliphatic heterocycles. The van der Waals surface area contributed by atoms with E-state index in [1.54, 1.807) is 13.2 Å². The van der Waals surface area contributed by atoms with Gasteiger partial charge in [-0.1, -0.05) is 20.8 Å². The van der Waals surface area contributed by atoms with E-state index in [9.17, 15) is 9.59 Å². The van der Waals surface area contributed by atoms with E-state index in [2.05, 4.69) is 15.3 Å². The molecule has 7 nitrogen and oxygen atoms in total. The Morgan fingerprint density at radius 1 is 1.50 bits per heavy atom. The second-order valence-corrected chi connectivity index (χ2v) is 7.64. The maximum absolute atomic E-state index is 12.6. The molecule has 1 aromatic heterocycles. The van der Waals surface area contributed by atoms with Crippen LogP contribution in [0, 0.1) is 11.8 Å². The lowest BCUT2D eigenvalue weighted by atomic mass is 9.67. The van der Waals surface area contributed by atoms with E-state index in [-0.39, 0.29) is 35.1 Å². The second kappa shape index (κ2) is 6.29. The van der Waals surface area contributed by atoms with Crippen molar-refractivity contribution in [3.05, 3.63) is 27.9 Å². The van der Waals surface area contributed by atoms with Crippen LogP contribution >= 0.6 is 0 Å². The third kappa shape index (κ3) is 3.10. The highest BCUT2D eigenvalue weighted by molar-refractivity contribution is 5.92. The summed E-state index contributed by atoms with van der Waals surface area (Å²) in [6, 6.07) is 1.66. The number of rotatable bonds is 4. The highest BCUT2D eigenvalue weighted by atomic mass is 16.5. The van der Waals surface area contributed by atoms with Gasteiger partial charge < -0.3 is 19.8 Å². The number of hydrogen-bond donors (Lipinski definition) is 2. The van der Waals surface area contributed by atoms with Gasteiger partial charge in [-0.05, 0) is 12.5 Å². The number of H-pyrrole nitrogens is 1. The van der Waals surface area contributed by atoms with Gasteiger partial charge in [0.1, 0.15) is 5.69 Å². The number of nitrogens with one attached hydrogen (secondary N) is 2. The quantitative estimate of drug-likeness (QED) is 0.851. The largest absolute Gasteiger partial charge is 0.384 e. The molecule has 2 heterocycles. The molecule has 1 aliphatic carbocycles. The van der Waals surface area contributed by atoms with Crippen LogP contribution in [0.15, 0.2) is 10.9 Å². The molecule has 3 rings (SSSR count). The van der Waals surface area contributed by atoms with Crippen molar-refractivity contribution < 1.29 is 14.3 Å². The zero-order chi connectivity index (χ0) is 17.5. The van der Waals surface area contributed by atoms with Crippen LogP contribution < -0.4 is 11.0 Å². The van der Waals surface area contributed by atoms with Crippen LogP contribution in [-0.2, 0) is 14.9 Å². The summed E-state index contributed by atoms with van der Waals surface area (Å²) in [5.74, 6) is 0.150. The molecule has 0 unspecified atom stereocenters. The van der Waals surface area contributed by atoms with Crippen molar-refractivity contribution in [1.82, 2.24) is 15.3 Å². The number of fused-ring (bicyclic) bond motifs is 1. The fraction of sp³-hybridized carbons (Fsp3) is 0.706. The van der Waals surface area contributed by atoms with E-state index in [4.69, 9.17) is 9.47 Å². The first-order chi connectivity index (χ1) is 11.3. The highest BCUT2D eigenvalue weighted by Crippen LogP contribution is 2.43. The lowest BCUT2D eigenvalue weighted by molar-refractivity contribution is -0.0810. The molecule has 2 fully saturated rings. The van der Waals surface area contributed by atoms with Gasteiger partial charge in [-0.2, -0.15) is 4.98 Å². The molecule has 0 spiro atoms. The van der Waals surface area contributed by atoms with Crippen molar-refractivity contribution in [3.8, 4) is 0 Å². The lowest BCUT2D eigenvalue weighted by Gasteiger charge is -2.47. The van der Waals surface area contributed by atoms with Gasteiger partial charge in [0.05, 0.1) is 12.7 Å². The molecule has 0 bridgehead atoms. The minimum Gasteiger partial charge on any atom is -0.384 e. The molecule has 1 saturated heterocycles. The number of amides is 1. The van der Waals surface area contributed by atoms with E-state index in [1.165, 1.54) is 0 Å². The molecule has 0 aromatic carbocycles. The van der Waals surface area contributed by atoms with Gasteiger partial charge in [-0.15, -0.1) is 0 Å². The fourth-order valence-corrected chi connectivity index (χ4v) is 3.64. The summed E-state index contributed by atoms with van der Waals surface area (Å²) in [5.41, 5.74) is 0.0759. The normalized spacial score (nSPS) is 29.0. The monoisotopic (exact) mass is 335 g/mol. The van der Waals surface area contributed by atoms with Crippen LogP contribution in [0.25, 0.3) is 0 Å². The highest BCUT2D eigenvalue weighted by Gasteiger charge is 2.54. The molecule has 2 aliphatic rings. The van der Waals surface area contributed by atoms with Gasteiger partial charge in [0.15, 0.2) is 0 Å². The number of ether oxygens (including phenoxy) is 2. The van der Waals surface area contributed by atoms with E-state index in [0.717, 1.165) is 13.0 Å². The average molecular weight is 335 g/mol. The first-order valence-electron chi connectivity index (χ1n) is 8.34. The van der Waals surface area contributed by atoms with Gasteiger partial charge in [0.25, 0.3) is 5.91 Å². The van der Waals surface area contributed by atoms with Crippen molar-refractivity contribution >= 4 is 5.91 Å². The molecule has 7 heteroatoms. The number of aromatic nitrogens is 2. The van der Waals surface area contributed by atoms with Crippen molar-refractivity contribution in [2.24, 2.45) is 11.8 Å². The molecule has 4 atom stereocenters. The summed E-state index contributed by atoms with van der Waals surface area (Å²) in [6.07, 6.45) is 1.10. The summed E-state index contributed by atoms with van der Waals surface area (Å²) in [4.78, 5) is 30.9. The Hall–Kier alpha value is -1.73. The van der Waals surface area contributed by atoms with Crippen LogP contribution in [-0.4, -0.2) is 48.3 Å². The number of nitrogens with zero attached hydrogens (tertiary/aromatic N) is 1. The predicted molar refractivity (Wildman–Crippen MR) is 88.0 cm³/mol. The minimum absolute atomic E-state index is 0.00382. The molecule has 1 saturated carbocycles. The number of carbonyl (C=O) groups is 1. The molecule has 0 radical (unpaired) electrons. The van der Waals surface area contributed by atoms with E-state index in [0.29, 0.717) is 18.2 Å². The van der Waals surface area contributed by atoms with Crippen molar-refractivity contribution in [2.45, 2.75) is 44.8 Å². The Morgan fingerprint density at radius 2 is 2.25 bits per heavy atom. The summed E-state index contributed by atoms with van der Waals surface area (Å²) in [6.45, 7) is 7.18. The third-order valence-electron chi connectivity index (χ3n) is 4.97. The van der Waals surface area contributed by atoms with Gasteiger partial charge >= 0.3 is 5.69 Å². The van der Waals surface area contributed by atoms with Crippen LogP contribution in [0.5, 0.6) is 0 Å². The first kappa shape index (κ1) is 17.1. The molecular formula is C17H25N3O4. The Morgan fingerprint density at radius 3 is 2.92 bits per heavy atom. The number of aromatic amines is 1. The number of methoxy groups -OCH3 is 1. The molecule has 132 valence electrons. The lowest BCUT2D eigenvalue weighted by Crippen LogP contribution is -2.62. The maximum atomic E-state index is 12.6. The number of hydrogen-bond acceptors (Lipinski definition) is 5. The SMILES string of the molecule is COC[C@@H]1[C@@H](NC(=O)c2cc(C(C)(C)C)[nH]c(=O)n2)[C@@H]2CCO[C@H]12. The van der Waals surface area contributed by atoms with Crippen molar-refractivity contribution in [1.29, 1.82) is 0 Å². The van der Waals surface area contributed by atoms with Crippen molar-refractivity contribution in [3.63, 3.8) is 0 Å². The number of carbonyl (C=O) groups excluding carboxylic acids is 1. The zero-order valence-corrected chi connectivity index (χ0v) is 14.6. The van der Waals surface area contributed by atoms with Crippen LogP contribution in [0.4, 0.5) is 0 Å². The summed E-state index contributed by atoms with van der Waals surface area (Å²) < 4.78 is 11.0. The van der Waals surface area contributed by atoms with Gasteiger partial charge in [-0.3, -0.25) is 4.79 Å². The molecular weight excluding hydrogens is 310 g/mol. The van der Waals surface area contributed by atoms with E-state index in [1.807, 2.05) is 20.8 Å². The Bertz CT molecular complexity index is 679. The fourth-order valence-electron chi connectivity index (χ4n) is 3.64. The van der Waals surface area contributed by atoms with Crippen molar-refractivity contribution in [2.75, 3.05) is 20.3 Å². The van der Waals surface area contributed by atoms with Gasteiger partial charge in [-0.25, -0.2) is 4.79 Å². The smallest absolute Gasteiger partial charge is 0.345 e. The molecule has 2 N–H and O–H groups in total. The topological polar surface area (TPSA) is 93.3 Å². The minimum atomic E-state index is -0.503. The van der Waals surface area contributed by atoms with Crippen LogP contribution in [0.1, 0.15) is 43.4 Å². The van der Waals surface area contributed by atoms with E-state index < -0.39 is 5.69 Å². The Kier molecular flexibility index (Phi) is 4.48. The first-order valence-corrected chi connectivity index (χ1v) is 8.34. The van der Waals surface area contributed by atoms with Crippen LogP contribution in [0.3, 0.4) is 0 Å². The average Bonchev–Trinajstić information content (AvgIpc) is 2.93. The maximum Gasteiger partial charge on any atom is 0.345 e. The Labute approximate surface area is 141 Å². The molecule has 1 aromatic rings.